The summed E-state index contributed by atoms with van der Waals surface area (Å²) < 4.78 is 37.6. The summed E-state index contributed by atoms with van der Waals surface area (Å²) in [5, 5.41) is -0.0882. The Bertz CT molecular complexity index is 472. The number of alkyl halides is 3. The van der Waals surface area contributed by atoms with Crippen molar-refractivity contribution in [1.82, 2.24) is 9.88 Å². The van der Waals surface area contributed by atoms with E-state index in [0.717, 1.165) is 4.90 Å². The van der Waals surface area contributed by atoms with Crippen LogP contribution in [0.15, 0.2) is 12.1 Å². The van der Waals surface area contributed by atoms with E-state index in [4.69, 9.17) is 23.2 Å². The molecule has 0 N–H and O–H groups in total. The first-order chi connectivity index (χ1) is 9.08. The molecule has 1 aromatic heterocycles. The molecule has 0 saturated heterocycles. The Hall–Kier alpha value is -1.01. The van der Waals surface area contributed by atoms with E-state index in [9.17, 15) is 18.0 Å². The number of amides is 1. The van der Waals surface area contributed by atoms with Crippen LogP contribution < -0.4 is 0 Å². The molecule has 20 heavy (non-hydrogen) atoms. The first-order valence-electron chi connectivity index (χ1n) is 5.77. The van der Waals surface area contributed by atoms with Gasteiger partial charge in [0.15, 0.2) is 0 Å². The number of carbonyl (C=O) groups is 1. The number of nitrogens with zero attached hydrogens (tertiary/aromatic N) is 2. The van der Waals surface area contributed by atoms with E-state index in [2.05, 4.69) is 4.98 Å². The summed E-state index contributed by atoms with van der Waals surface area (Å²) in [5.74, 6) is -0.878. The average molecular weight is 329 g/mol. The smallest absolute Gasteiger partial charge is 0.329 e. The molecule has 1 amide bonds. The lowest BCUT2D eigenvalue weighted by molar-refractivity contribution is -0.141. The third-order valence-corrected chi connectivity index (χ3v) is 2.64. The van der Waals surface area contributed by atoms with Crippen LogP contribution in [0.2, 0.25) is 10.3 Å². The van der Waals surface area contributed by atoms with Gasteiger partial charge in [0.05, 0.1) is 0 Å². The molecule has 0 aliphatic carbocycles. The van der Waals surface area contributed by atoms with Crippen LogP contribution >= 0.6 is 23.2 Å². The van der Waals surface area contributed by atoms with Gasteiger partial charge >= 0.3 is 6.18 Å². The zero-order valence-corrected chi connectivity index (χ0v) is 12.4. The number of hydrogen-bond donors (Lipinski definition) is 0. The van der Waals surface area contributed by atoms with Gasteiger partial charge in [0.2, 0.25) is 0 Å². The second kappa shape index (κ2) is 6.63. The molecule has 0 spiro atoms. The van der Waals surface area contributed by atoms with Crippen LogP contribution in [0.25, 0.3) is 0 Å². The van der Waals surface area contributed by atoms with Gasteiger partial charge in [-0.15, -0.1) is 0 Å². The first-order valence-corrected chi connectivity index (χ1v) is 6.53. The van der Waals surface area contributed by atoms with E-state index in [1.165, 1.54) is 12.1 Å². The molecule has 1 rings (SSSR count). The Balaban J connectivity index is 3.03. The average Bonchev–Trinajstić information content (AvgIpc) is 2.23. The second-order valence-corrected chi connectivity index (χ2v) is 5.47. The first kappa shape index (κ1) is 17.0. The fraction of sp³-hybridized carbons (Fsp3) is 0.500. The summed E-state index contributed by atoms with van der Waals surface area (Å²) in [4.78, 5) is 16.5. The number of rotatable bonds is 4. The van der Waals surface area contributed by atoms with Crippen molar-refractivity contribution in [2.45, 2.75) is 20.0 Å². The molecule has 0 unspecified atom stereocenters. The minimum atomic E-state index is -4.47. The molecule has 112 valence electrons. The lowest BCUT2D eigenvalue weighted by Crippen LogP contribution is -2.41. The van der Waals surface area contributed by atoms with Crippen molar-refractivity contribution in [2.75, 3.05) is 13.1 Å². The summed E-state index contributed by atoms with van der Waals surface area (Å²) in [7, 11) is 0. The largest absolute Gasteiger partial charge is 0.406 e. The standard InChI is InChI=1S/C12H13Cl2F3N2O/c1-7(2)5-19(6-12(15,16)17)11(20)8-3-9(13)18-10(14)4-8/h3-4,7H,5-6H2,1-2H3. The van der Waals surface area contributed by atoms with Gasteiger partial charge in [0.1, 0.15) is 16.9 Å². The zero-order valence-electron chi connectivity index (χ0n) is 10.8. The molecule has 1 aromatic rings. The summed E-state index contributed by atoms with van der Waals surface area (Å²) in [6.45, 7) is 2.11. The third kappa shape index (κ3) is 5.54. The van der Waals surface area contributed by atoms with Gasteiger partial charge in [0, 0.05) is 12.1 Å². The molecule has 8 heteroatoms. The van der Waals surface area contributed by atoms with Crippen molar-refractivity contribution in [3.63, 3.8) is 0 Å². The topological polar surface area (TPSA) is 33.2 Å². The highest BCUT2D eigenvalue weighted by atomic mass is 35.5. The number of pyridine rings is 1. The van der Waals surface area contributed by atoms with Crippen LogP contribution in [0.4, 0.5) is 13.2 Å². The molecular formula is C12H13Cl2F3N2O. The monoisotopic (exact) mass is 328 g/mol. The molecule has 0 fully saturated rings. The highest BCUT2D eigenvalue weighted by molar-refractivity contribution is 6.33. The van der Waals surface area contributed by atoms with Gasteiger partial charge in [-0.2, -0.15) is 13.2 Å². The molecule has 0 aliphatic rings. The minimum Gasteiger partial charge on any atom is -0.329 e. The fourth-order valence-electron chi connectivity index (χ4n) is 1.65. The summed E-state index contributed by atoms with van der Waals surface area (Å²) in [6.07, 6.45) is -4.47. The van der Waals surface area contributed by atoms with Crippen molar-refractivity contribution in [3.05, 3.63) is 28.0 Å². The van der Waals surface area contributed by atoms with Gasteiger partial charge in [0.25, 0.3) is 5.91 Å². The van der Waals surface area contributed by atoms with E-state index in [-0.39, 0.29) is 28.3 Å². The molecule has 3 nitrogen and oxygen atoms in total. The Morgan fingerprint density at radius 2 is 1.80 bits per heavy atom. The van der Waals surface area contributed by atoms with E-state index in [0.29, 0.717) is 0 Å². The molecule has 0 bridgehead atoms. The normalized spacial score (nSPS) is 11.8. The maximum atomic E-state index is 12.5. The van der Waals surface area contributed by atoms with Crippen LogP contribution in [0.5, 0.6) is 0 Å². The van der Waals surface area contributed by atoms with Gasteiger partial charge in [-0.1, -0.05) is 37.0 Å². The van der Waals surface area contributed by atoms with Crippen LogP contribution in [0.3, 0.4) is 0 Å². The Labute approximate surface area is 124 Å². The van der Waals surface area contributed by atoms with Crippen molar-refractivity contribution < 1.29 is 18.0 Å². The fourth-order valence-corrected chi connectivity index (χ4v) is 2.11. The highest BCUT2D eigenvalue weighted by Gasteiger charge is 2.33. The van der Waals surface area contributed by atoms with Crippen LogP contribution in [-0.4, -0.2) is 35.1 Å². The summed E-state index contributed by atoms with van der Waals surface area (Å²) in [5.41, 5.74) is -0.0140. The Kier molecular flexibility index (Phi) is 5.65. The highest BCUT2D eigenvalue weighted by Crippen LogP contribution is 2.21. The molecule has 0 aliphatic heterocycles. The van der Waals surface area contributed by atoms with Crippen LogP contribution in [0, 0.1) is 5.92 Å². The number of hydrogen-bond acceptors (Lipinski definition) is 2. The quantitative estimate of drug-likeness (QED) is 0.781. The lowest BCUT2D eigenvalue weighted by atomic mass is 10.1. The van der Waals surface area contributed by atoms with E-state index in [1.54, 1.807) is 13.8 Å². The Morgan fingerprint density at radius 3 is 2.20 bits per heavy atom. The molecule has 0 atom stereocenters. The van der Waals surface area contributed by atoms with Gasteiger partial charge < -0.3 is 4.90 Å². The zero-order chi connectivity index (χ0) is 15.5. The predicted molar refractivity (Wildman–Crippen MR) is 71.1 cm³/mol. The number of aromatic nitrogens is 1. The molecule has 0 aromatic carbocycles. The summed E-state index contributed by atoms with van der Waals surface area (Å²) in [6, 6.07) is 2.39. The van der Waals surface area contributed by atoms with Gasteiger partial charge in [-0.05, 0) is 18.1 Å². The van der Waals surface area contributed by atoms with E-state index >= 15 is 0 Å². The molecular weight excluding hydrogens is 316 g/mol. The SMILES string of the molecule is CC(C)CN(CC(F)(F)F)C(=O)c1cc(Cl)nc(Cl)c1. The number of halogens is 5. The molecule has 1 heterocycles. The molecule has 0 saturated carbocycles. The third-order valence-electron chi connectivity index (χ3n) is 2.25. The van der Waals surface area contributed by atoms with Crippen molar-refractivity contribution in [2.24, 2.45) is 5.92 Å². The van der Waals surface area contributed by atoms with Gasteiger partial charge in [-0.25, -0.2) is 4.98 Å². The lowest BCUT2D eigenvalue weighted by Gasteiger charge is -2.25. The van der Waals surface area contributed by atoms with E-state index < -0.39 is 18.6 Å². The maximum Gasteiger partial charge on any atom is 0.406 e. The second-order valence-electron chi connectivity index (χ2n) is 4.70. The van der Waals surface area contributed by atoms with Crippen molar-refractivity contribution in [3.8, 4) is 0 Å². The van der Waals surface area contributed by atoms with E-state index in [1.807, 2.05) is 0 Å². The maximum absolute atomic E-state index is 12.5. The molecule has 0 radical (unpaired) electrons. The van der Waals surface area contributed by atoms with Crippen LogP contribution in [-0.2, 0) is 0 Å². The van der Waals surface area contributed by atoms with Crippen LogP contribution in [0.1, 0.15) is 24.2 Å². The Morgan fingerprint density at radius 1 is 1.30 bits per heavy atom. The summed E-state index contributed by atoms with van der Waals surface area (Å²) >= 11 is 11.3. The van der Waals surface area contributed by atoms with Crippen molar-refractivity contribution >= 4 is 29.1 Å². The minimum absolute atomic E-state index is 0.0140. The predicted octanol–water partition coefficient (Wildman–Crippen LogP) is 4.05. The van der Waals surface area contributed by atoms with Gasteiger partial charge in [-0.3, -0.25) is 4.79 Å². The van der Waals surface area contributed by atoms with Crippen molar-refractivity contribution in [1.29, 1.82) is 0 Å². The number of carbonyl (C=O) groups excluding carboxylic acids is 1.